The van der Waals surface area contributed by atoms with E-state index in [2.05, 4.69) is 27.6 Å². The molecule has 1 atom stereocenters. The average molecular weight is 340 g/mol. The lowest BCUT2D eigenvalue weighted by molar-refractivity contribution is 0.103. The van der Waals surface area contributed by atoms with Crippen LogP contribution in [0.25, 0.3) is 5.65 Å². The second-order valence-electron chi connectivity index (χ2n) is 3.31. The number of fused-ring (bicyclic) bond motifs is 1. The van der Waals surface area contributed by atoms with Crippen molar-refractivity contribution in [1.82, 2.24) is 9.38 Å². The van der Waals surface area contributed by atoms with Crippen molar-refractivity contribution in [2.45, 2.75) is 12.6 Å². The molecule has 0 aliphatic heterocycles. The molecule has 0 aromatic carbocycles. The van der Waals surface area contributed by atoms with E-state index in [-0.39, 0.29) is 5.56 Å². The first-order valence-corrected chi connectivity index (χ1v) is 5.85. The zero-order valence-electron chi connectivity index (χ0n) is 7.84. The molecule has 2 aromatic heterocycles. The van der Waals surface area contributed by atoms with Crippen LogP contribution < -0.4 is 0 Å². The van der Waals surface area contributed by atoms with Crippen LogP contribution in [0.1, 0.15) is 11.1 Å². The molecule has 0 amide bonds. The molecule has 2 nitrogen and oxygen atoms in total. The normalized spacial score (nSPS) is 12.3. The summed E-state index contributed by atoms with van der Waals surface area (Å²) >= 11 is 2.06. The van der Waals surface area contributed by atoms with Crippen LogP contribution in [0.3, 0.4) is 0 Å². The van der Waals surface area contributed by atoms with Crippen molar-refractivity contribution in [3.8, 4) is 0 Å². The fraction of sp³-hybridized carbons (Fsp3) is 0.222. The highest BCUT2D eigenvalue weighted by Crippen LogP contribution is 2.35. The number of rotatable bonds is 1. The van der Waals surface area contributed by atoms with Crippen LogP contribution in [-0.2, 0) is 5.66 Å². The van der Waals surface area contributed by atoms with Gasteiger partial charge in [0.15, 0.2) is 0 Å². The summed E-state index contributed by atoms with van der Waals surface area (Å²) in [6.07, 6.45) is 3.08. The van der Waals surface area contributed by atoms with E-state index in [0.717, 1.165) is 14.9 Å². The number of pyridine rings is 1. The van der Waals surface area contributed by atoms with Crippen LogP contribution in [0.5, 0.6) is 0 Å². The van der Waals surface area contributed by atoms with Gasteiger partial charge in [-0.05, 0) is 41.1 Å². The van der Waals surface area contributed by atoms with Gasteiger partial charge in [0.25, 0.3) is 5.66 Å². The Labute approximate surface area is 101 Å². The highest BCUT2D eigenvalue weighted by Gasteiger charge is 2.25. The Morgan fingerprint density at radius 1 is 1.53 bits per heavy atom. The fourth-order valence-electron chi connectivity index (χ4n) is 1.41. The molecule has 15 heavy (non-hydrogen) atoms. The van der Waals surface area contributed by atoms with E-state index in [4.69, 9.17) is 0 Å². The monoisotopic (exact) mass is 340 g/mol. The number of aromatic nitrogens is 2. The molecule has 0 fully saturated rings. The van der Waals surface area contributed by atoms with E-state index in [1.807, 2.05) is 0 Å². The standard InChI is InChI=1S/C9H8F2IN2P/c1-5-2-6(9(10,11)15)4-14-7(12)3-13-8(5)14/h2-4H,15H2,1H3. The van der Waals surface area contributed by atoms with Crippen molar-refractivity contribution in [2.75, 3.05) is 0 Å². The van der Waals surface area contributed by atoms with Crippen molar-refractivity contribution in [3.63, 3.8) is 0 Å². The van der Waals surface area contributed by atoms with Crippen LogP contribution in [0.2, 0.25) is 0 Å². The van der Waals surface area contributed by atoms with Crippen molar-refractivity contribution < 1.29 is 8.78 Å². The van der Waals surface area contributed by atoms with Gasteiger partial charge < -0.3 is 0 Å². The molecule has 0 bridgehead atoms. The molecule has 0 aliphatic rings. The van der Waals surface area contributed by atoms with Crippen molar-refractivity contribution in [2.24, 2.45) is 0 Å². The van der Waals surface area contributed by atoms with Gasteiger partial charge in [0.2, 0.25) is 0 Å². The van der Waals surface area contributed by atoms with Gasteiger partial charge in [0, 0.05) is 11.8 Å². The van der Waals surface area contributed by atoms with Crippen LogP contribution >= 0.6 is 31.8 Å². The molecule has 6 heteroatoms. The predicted octanol–water partition coefficient (Wildman–Crippen LogP) is 3.17. The van der Waals surface area contributed by atoms with E-state index >= 15 is 0 Å². The highest BCUT2D eigenvalue weighted by atomic mass is 127. The van der Waals surface area contributed by atoms with E-state index in [1.54, 1.807) is 26.8 Å². The molecule has 0 aliphatic carbocycles. The van der Waals surface area contributed by atoms with Gasteiger partial charge in [0.05, 0.1) is 6.20 Å². The van der Waals surface area contributed by atoms with E-state index in [0.29, 0.717) is 0 Å². The number of hydrogen-bond donors (Lipinski definition) is 0. The molecule has 1 unspecified atom stereocenters. The molecule has 0 saturated heterocycles. The molecule has 0 radical (unpaired) electrons. The van der Waals surface area contributed by atoms with E-state index < -0.39 is 5.66 Å². The average Bonchev–Trinajstić information content (AvgIpc) is 2.47. The number of imidazole rings is 1. The first-order chi connectivity index (χ1) is 6.89. The summed E-state index contributed by atoms with van der Waals surface area (Å²) in [5.41, 5.74) is -1.45. The second-order valence-corrected chi connectivity index (χ2v) is 5.14. The highest BCUT2D eigenvalue weighted by molar-refractivity contribution is 14.1. The summed E-state index contributed by atoms with van der Waals surface area (Å²) in [6, 6.07) is 1.46. The molecule has 0 spiro atoms. The van der Waals surface area contributed by atoms with Gasteiger partial charge in [-0.3, -0.25) is 4.40 Å². The fourth-order valence-corrected chi connectivity index (χ4v) is 2.08. The van der Waals surface area contributed by atoms with Gasteiger partial charge in [-0.1, -0.05) is 9.24 Å². The van der Waals surface area contributed by atoms with Gasteiger partial charge >= 0.3 is 0 Å². The van der Waals surface area contributed by atoms with Crippen LogP contribution in [-0.4, -0.2) is 9.38 Å². The number of halogens is 3. The quantitative estimate of drug-likeness (QED) is 0.576. The Morgan fingerprint density at radius 2 is 2.20 bits per heavy atom. The van der Waals surface area contributed by atoms with E-state index in [9.17, 15) is 8.78 Å². The van der Waals surface area contributed by atoms with Crippen molar-refractivity contribution in [1.29, 1.82) is 0 Å². The first-order valence-electron chi connectivity index (χ1n) is 4.20. The minimum absolute atomic E-state index is 0.0200. The molecule has 2 rings (SSSR count). The maximum absolute atomic E-state index is 13.1. The molecule has 2 aromatic rings. The topological polar surface area (TPSA) is 17.3 Å². The summed E-state index contributed by atoms with van der Waals surface area (Å²) in [6.45, 7) is 1.78. The van der Waals surface area contributed by atoms with Crippen LogP contribution in [0.4, 0.5) is 8.78 Å². The van der Waals surface area contributed by atoms with E-state index in [1.165, 1.54) is 12.3 Å². The molecule has 0 saturated carbocycles. The summed E-state index contributed by atoms with van der Waals surface area (Å²) < 4.78 is 28.7. The predicted molar refractivity (Wildman–Crippen MR) is 66.3 cm³/mol. The summed E-state index contributed by atoms with van der Waals surface area (Å²) in [4.78, 5) is 4.14. The zero-order valence-corrected chi connectivity index (χ0v) is 11.1. The van der Waals surface area contributed by atoms with Crippen LogP contribution in [0, 0.1) is 10.6 Å². The molecule has 80 valence electrons. The lowest BCUT2D eigenvalue weighted by atomic mass is 10.2. The second kappa shape index (κ2) is 3.63. The maximum Gasteiger partial charge on any atom is 0.285 e. The van der Waals surface area contributed by atoms with Gasteiger partial charge in [-0.25, -0.2) is 4.98 Å². The van der Waals surface area contributed by atoms with Gasteiger partial charge in [-0.2, -0.15) is 8.78 Å². The number of aryl methyl sites for hydroxylation is 1. The van der Waals surface area contributed by atoms with Gasteiger partial charge in [-0.15, -0.1) is 0 Å². The maximum atomic E-state index is 13.1. The molecular weight excluding hydrogens is 332 g/mol. The minimum Gasteiger partial charge on any atom is -0.294 e. The lowest BCUT2D eigenvalue weighted by Gasteiger charge is -2.12. The Kier molecular flexibility index (Phi) is 2.71. The molecular formula is C9H8F2IN2P. The molecule has 0 N–H and O–H groups in total. The summed E-state index contributed by atoms with van der Waals surface area (Å²) in [5, 5.41) is 0. The Bertz CT molecular complexity index is 519. The smallest absolute Gasteiger partial charge is 0.285 e. The summed E-state index contributed by atoms with van der Waals surface area (Å²) in [7, 11) is 1.54. The summed E-state index contributed by atoms with van der Waals surface area (Å²) in [5.74, 6) is 0. The Morgan fingerprint density at radius 3 is 2.80 bits per heavy atom. The number of alkyl halides is 2. The Balaban J connectivity index is 2.76. The van der Waals surface area contributed by atoms with Crippen molar-refractivity contribution in [3.05, 3.63) is 33.3 Å². The van der Waals surface area contributed by atoms with Crippen LogP contribution in [0.15, 0.2) is 18.5 Å². The van der Waals surface area contributed by atoms with Crippen molar-refractivity contribution >= 4 is 37.5 Å². The minimum atomic E-state index is -2.90. The molecule has 2 heterocycles. The third kappa shape index (κ3) is 1.99. The number of hydrogen-bond acceptors (Lipinski definition) is 1. The zero-order chi connectivity index (χ0) is 11.2. The number of nitrogens with zero attached hydrogens (tertiary/aromatic N) is 2. The first kappa shape index (κ1) is 11.2. The van der Waals surface area contributed by atoms with Gasteiger partial charge in [0.1, 0.15) is 9.35 Å². The lowest BCUT2D eigenvalue weighted by Crippen LogP contribution is -2.05. The Hall–Kier alpha value is -0.290. The third-order valence-electron chi connectivity index (χ3n) is 2.13. The SMILES string of the molecule is Cc1cc(C(F)(F)P)cn2c(I)cnc12. The third-order valence-corrected chi connectivity index (χ3v) is 3.26. The largest absolute Gasteiger partial charge is 0.294 e.